The Morgan fingerprint density at radius 3 is 1.09 bits per heavy atom. The maximum absolute atomic E-state index is 13.3. The highest BCUT2D eigenvalue weighted by Gasteiger charge is 2.62. The highest BCUT2D eigenvalue weighted by Crippen LogP contribution is 2.41. The van der Waals surface area contributed by atoms with Gasteiger partial charge in [0.25, 0.3) is 0 Å². The Morgan fingerprint density at radius 2 is 0.569 bits per heavy atom. The van der Waals surface area contributed by atoms with Crippen molar-refractivity contribution in [2.24, 2.45) is 0 Å². The van der Waals surface area contributed by atoms with Gasteiger partial charge in [-0.1, -0.05) is 0 Å². The van der Waals surface area contributed by atoms with Crippen LogP contribution in [-0.2, 0) is 119 Å². The minimum Gasteiger partial charge on any atom is -0.394 e. The van der Waals surface area contributed by atoms with Gasteiger partial charge in [0.2, 0.25) is 17.7 Å². The molecule has 0 bridgehead atoms. The molecular weight excluding hydrogens is 1710 g/mol. The van der Waals surface area contributed by atoms with E-state index in [9.17, 15) is 165 Å². The number of hydrogen-bond acceptors (Lipinski definition) is 52. The van der Waals surface area contributed by atoms with Crippen molar-refractivity contribution in [1.29, 1.82) is 0 Å². The van der Waals surface area contributed by atoms with Gasteiger partial charge in [0.05, 0.1) is 65.6 Å². The van der Waals surface area contributed by atoms with Crippen molar-refractivity contribution in [1.82, 2.24) is 16.0 Å². The summed E-state index contributed by atoms with van der Waals surface area (Å²) >= 11 is 0. The molecule has 0 aromatic heterocycles. The van der Waals surface area contributed by atoms with Crippen molar-refractivity contribution < 1.29 is 259 Å². The highest BCUT2D eigenvalue weighted by molar-refractivity contribution is 7.80. The largest absolute Gasteiger partial charge is 0.397 e. The number of hydrogen-bond donors (Lipinski definition) is 31. The van der Waals surface area contributed by atoms with Crippen molar-refractivity contribution in [3.05, 3.63) is 0 Å². The minimum atomic E-state index is -5.46. The molecule has 10 heterocycles. The molecule has 10 aliphatic heterocycles. The van der Waals surface area contributed by atoms with Crippen LogP contribution < -0.4 is 16.0 Å². The van der Waals surface area contributed by atoms with Crippen molar-refractivity contribution in [3.8, 4) is 0 Å². The molecule has 56 nitrogen and oxygen atoms in total. The van der Waals surface area contributed by atoms with Crippen LogP contribution >= 0.6 is 0 Å². The molecule has 0 aliphatic carbocycles. The third-order valence-electron chi connectivity index (χ3n) is 22.2. The Kier molecular flexibility index (Phi) is 36.0. The second-order valence-corrected chi connectivity index (χ2v) is 31.8. The zero-order chi connectivity index (χ0) is 90.7. The van der Waals surface area contributed by atoms with Crippen molar-refractivity contribution in [2.45, 2.75) is 335 Å². The van der Waals surface area contributed by atoms with Crippen LogP contribution in [0.15, 0.2) is 0 Å². The summed E-state index contributed by atoms with van der Waals surface area (Å²) in [5.41, 5.74) is 0. The van der Waals surface area contributed by atoms with Gasteiger partial charge in [-0.2, -0.15) is 8.42 Å². The predicted molar refractivity (Wildman–Crippen MR) is 373 cm³/mol. The molecule has 0 radical (unpaired) electrons. The van der Waals surface area contributed by atoms with Crippen LogP contribution in [0.4, 0.5) is 0 Å². The van der Waals surface area contributed by atoms with Crippen molar-refractivity contribution in [2.75, 3.05) is 59.5 Å². The average Bonchev–Trinajstić information content (AvgIpc) is 0.761. The van der Waals surface area contributed by atoms with Crippen LogP contribution in [0, 0.1) is 0 Å². The normalized spacial score (nSPS) is 49.6. The minimum absolute atomic E-state index is 0.860. The summed E-state index contributed by atoms with van der Waals surface area (Å²) in [6, 6.07) is -5.92. The van der Waals surface area contributed by atoms with Crippen LogP contribution in [0.25, 0.3) is 0 Å². The van der Waals surface area contributed by atoms with Gasteiger partial charge >= 0.3 is 10.4 Å². The second-order valence-electron chi connectivity index (χ2n) is 30.8. The SMILES string of the molecule is CC(=O)N[C@@H]1[C@@H](O)[C@H](O[C@@H]2O[C@H](CO)[C@@H](O[C@@H]3O[C@H](CO[C@H]4O[C@H](CO[C@H]5O[C@H](CO)[C@@H](O)[C@H](O)[C@@H]5O)[C@@H](O)[C@H](O[C@H]5O[C@H](CO)[C@@H](O)[C@H](O)[C@@H]5O)[C@@H]4O)[C@@H](O)[C@H](O[C@H]4O[C@H](CO)[C@@H](O)[C@H](O)[C@@H]4O[C@@H]4O[C@H](CO)[C@@H](O)[C@H](O[C@@H]5O[C@H](CO)[C@H](OS(=O)(=O)O)[C@H](O)[C@H]5O)[C@H]4NC(C)=O)[C@@H]3O)[C@H](O)[C@H]2NC(C)=O)[C@@H](CO[C@@H]2O[C@@H](C)[C@@H](O)[C@@H](O)[C@@H]2O)O[C@H]1O. The van der Waals surface area contributed by atoms with Gasteiger partial charge in [-0.05, 0) is 6.92 Å². The predicted octanol–water partition coefficient (Wildman–Crippen LogP) is -21.5. The molecule has 0 saturated carbocycles. The van der Waals surface area contributed by atoms with E-state index in [0.717, 1.165) is 20.8 Å². The smallest absolute Gasteiger partial charge is 0.394 e. The summed E-state index contributed by atoms with van der Waals surface area (Å²) in [6.45, 7) is -6.22. The van der Waals surface area contributed by atoms with E-state index in [4.69, 9.17) is 90.0 Å². The Bertz CT molecular complexity index is 3430. The first-order chi connectivity index (χ1) is 57.9. The van der Waals surface area contributed by atoms with Crippen molar-refractivity contribution in [3.63, 3.8) is 0 Å². The molecule has 10 fully saturated rings. The van der Waals surface area contributed by atoms with E-state index in [0.29, 0.717) is 0 Å². The molecule has 50 atom stereocenters. The molecule has 714 valence electrons. The molecular formula is C66H111N3O53S. The van der Waals surface area contributed by atoms with E-state index < -0.39 is 394 Å². The summed E-state index contributed by atoms with van der Waals surface area (Å²) in [4.78, 5) is 38.9. The molecule has 10 rings (SSSR count). The Labute approximate surface area is 695 Å². The number of carbonyl (C=O) groups is 3. The number of amides is 3. The van der Waals surface area contributed by atoms with Crippen LogP contribution in [0.2, 0.25) is 0 Å². The first-order valence-electron chi connectivity index (χ1n) is 38.7. The molecule has 0 aromatic rings. The first kappa shape index (κ1) is 102. The molecule has 0 aromatic carbocycles. The van der Waals surface area contributed by atoms with E-state index in [2.05, 4.69) is 20.1 Å². The summed E-state index contributed by atoms with van der Waals surface area (Å²) in [6.07, 6.45) is -101. The second kappa shape index (κ2) is 43.7. The molecule has 10 aliphatic rings. The molecule has 0 spiro atoms. The maximum Gasteiger partial charge on any atom is 0.397 e. The van der Waals surface area contributed by atoms with Gasteiger partial charge in [-0.3, -0.25) is 18.9 Å². The average molecular weight is 1830 g/mol. The quantitative estimate of drug-likeness (QED) is 0.0278. The van der Waals surface area contributed by atoms with Gasteiger partial charge in [-0.15, -0.1) is 0 Å². The molecule has 3 amide bonds. The fraction of sp³-hybridized carbons (Fsp3) is 0.955. The Balaban J connectivity index is 0.998. The lowest BCUT2D eigenvalue weighted by molar-refractivity contribution is -0.398. The first-order valence-corrected chi connectivity index (χ1v) is 40.0. The summed E-state index contributed by atoms with van der Waals surface area (Å²) in [5.74, 6) is -2.93. The fourth-order valence-corrected chi connectivity index (χ4v) is 16.0. The summed E-state index contributed by atoms with van der Waals surface area (Å²) in [5, 5.41) is 308. The lowest BCUT2D eigenvalue weighted by Gasteiger charge is -2.51. The number of rotatable bonds is 32. The van der Waals surface area contributed by atoms with Crippen LogP contribution in [0.3, 0.4) is 0 Å². The lowest BCUT2D eigenvalue weighted by atomic mass is 9.93. The molecule has 31 N–H and O–H groups in total. The highest BCUT2D eigenvalue weighted by atomic mass is 32.3. The number of aliphatic hydroxyl groups excluding tert-OH is 27. The van der Waals surface area contributed by atoms with Crippen LogP contribution in [0.1, 0.15) is 27.7 Å². The maximum atomic E-state index is 13.3. The van der Waals surface area contributed by atoms with E-state index in [1.54, 1.807) is 0 Å². The van der Waals surface area contributed by atoms with E-state index >= 15 is 0 Å². The van der Waals surface area contributed by atoms with Crippen molar-refractivity contribution >= 4 is 28.1 Å². The van der Waals surface area contributed by atoms with Crippen LogP contribution in [0.5, 0.6) is 0 Å². The topological polar surface area (TPSA) is 872 Å². The van der Waals surface area contributed by atoms with Gasteiger partial charge in [0, 0.05) is 20.8 Å². The van der Waals surface area contributed by atoms with E-state index in [-0.39, 0.29) is 0 Å². The molecule has 123 heavy (non-hydrogen) atoms. The standard InChI is InChI=1S/C66H111N3O53S/c1-14-30(79)39(88)44(93)60(106-14)105-13-26-51(37(86)27(57(99)107-26)67-15(2)76)116-58-28(68-16(3)77)38(87)50(22(9-74)112-58)117-65-49(98)55(36(85)25(115-65)12-104-62-48(97)54(119-63-46(95)41(90)32(81)19(6-71)110-63)35(84)24(114-62)11-103-61-45(94)40(89)31(80)18(5-70)109-61)120-66-56(42(91)33(82)20(7-72)111-66)121-59-29(69-17(4)78)53(34(83)21(8-73)108-59)118-64-47(96)43(92)52(23(10-75)113-64)122-123(100,101)102/h14,18-66,70-75,79-99H,5-13H2,1-4H3,(H,67,76)(H,68,77)(H,69,78)(H,100,101,102)/t14-,18+,19+,20+,21+,22+,23+,24+,25+,26+,27+,28+,29+,30+,31+,32+,33+,34+,35+,36+,37+,38+,39+,40-,41-,42-,43+,44-,45-,46-,47+,48-,49-,50+,51+,52-,53+,54-,55-,56-,57+,58-,59-,60+,61-,62-,63+,64-,65-,66+/m0/s1. The fourth-order valence-electron chi connectivity index (χ4n) is 15.5. The number of aliphatic hydroxyl groups is 27. The third-order valence-corrected chi connectivity index (χ3v) is 22.7. The molecule has 10 saturated heterocycles. The molecule has 0 unspecified atom stereocenters. The number of ether oxygens (including phenoxy) is 19. The third kappa shape index (κ3) is 23.0. The van der Waals surface area contributed by atoms with Gasteiger partial charge in [0.1, 0.15) is 238 Å². The summed E-state index contributed by atoms with van der Waals surface area (Å²) < 4.78 is 149. The number of carbonyl (C=O) groups excluding carboxylic acids is 3. The van der Waals surface area contributed by atoms with Gasteiger partial charge in [0.15, 0.2) is 62.9 Å². The van der Waals surface area contributed by atoms with Crippen LogP contribution in [-0.4, -0.2) is 535 Å². The monoisotopic (exact) mass is 1830 g/mol. The zero-order valence-corrected chi connectivity index (χ0v) is 66.2. The number of nitrogens with one attached hydrogen (secondary N) is 3. The zero-order valence-electron chi connectivity index (χ0n) is 65.4. The van der Waals surface area contributed by atoms with Gasteiger partial charge < -0.3 is 244 Å². The molecule has 57 heteroatoms. The lowest BCUT2D eigenvalue weighted by Crippen LogP contribution is -2.71. The van der Waals surface area contributed by atoms with Gasteiger partial charge in [-0.25, -0.2) is 4.18 Å². The Hall–Kier alpha value is -3.56. The Morgan fingerprint density at radius 1 is 0.268 bits per heavy atom. The summed E-state index contributed by atoms with van der Waals surface area (Å²) in [7, 11) is -5.46. The van der Waals surface area contributed by atoms with E-state index in [1.807, 2.05) is 0 Å². The van der Waals surface area contributed by atoms with E-state index in [1.165, 1.54) is 6.92 Å².